The summed E-state index contributed by atoms with van der Waals surface area (Å²) in [5.41, 5.74) is 2.63. The summed E-state index contributed by atoms with van der Waals surface area (Å²) in [6, 6.07) is 8.49. The van der Waals surface area contributed by atoms with Crippen molar-refractivity contribution in [3.05, 3.63) is 29.8 Å². The number of anilines is 1. The summed E-state index contributed by atoms with van der Waals surface area (Å²) >= 11 is 0. The van der Waals surface area contributed by atoms with Crippen molar-refractivity contribution in [1.82, 2.24) is 4.90 Å². The van der Waals surface area contributed by atoms with Crippen LogP contribution in [0.1, 0.15) is 18.9 Å². The van der Waals surface area contributed by atoms with Crippen LogP contribution in [-0.2, 0) is 4.79 Å². The van der Waals surface area contributed by atoms with Crippen molar-refractivity contribution in [2.45, 2.75) is 20.3 Å². The first-order valence-corrected chi connectivity index (χ1v) is 7.26. The Labute approximate surface area is 115 Å². The van der Waals surface area contributed by atoms with E-state index in [1.807, 2.05) is 0 Å². The second-order valence-electron chi connectivity index (χ2n) is 5.92. The standard InChI is InChI=1S/C16H22N2O/c1-12-5-3-4-6-15(12)17-7-9-18(10-8-17)16(19)14-11-13(14)2/h3-6,13-14H,7-11H2,1-2H3. The Hall–Kier alpha value is -1.51. The van der Waals surface area contributed by atoms with E-state index in [1.165, 1.54) is 11.3 Å². The molecule has 2 unspecified atom stereocenters. The molecule has 1 saturated carbocycles. The van der Waals surface area contributed by atoms with Crippen LogP contribution in [0.5, 0.6) is 0 Å². The Kier molecular flexibility index (Phi) is 3.21. The predicted molar refractivity (Wildman–Crippen MR) is 77.2 cm³/mol. The quantitative estimate of drug-likeness (QED) is 0.812. The van der Waals surface area contributed by atoms with Gasteiger partial charge in [0.1, 0.15) is 0 Å². The first kappa shape index (κ1) is 12.5. The zero-order valence-corrected chi connectivity index (χ0v) is 11.8. The Morgan fingerprint density at radius 2 is 1.79 bits per heavy atom. The number of amides is 1. The molecule has 3 heteroatoms. The topological polar surface area (TPSA) is 23.6 Å². The minimum atomic E-state index is 0.324. The van der Waals surface area contributed by atoms with Crippen LogP contribution in [0.25, 0.3) is 0 Å². The number of benzene rings is 1. The van der Waals surface area contributed by atoms with Gasteiger partial charge in [0.15, 0.2) is 0 Å². The molecule has 0 bridgehead atoms. The van der Waals surface area contributed by atoms with Crippen LogP contribution in [-0.4, -0.2) is 37.0 Å². The van der Waals surface area contributed by atoms with Crippen LogP contribution in [0.4, 0.5) is 5.69 Å². The molecule has 0 radical (unpaired) electrons. The van der Waals surface area contributed by atoms with Crippen LogP contribution in [0.15, 0.2) is 24.3 Å². The third kappa shape index (κ3) is 2.46. The monoisotopic (exact) mass is 258 g/mol. The largest absolute Gasteiger partial charge is 0.368 e. The van der Waals surface area contributed by atoms with Crippen molar-refractivity contribution in [3.63, 3.8) is 0 Å². The van der Waals surface area contributed by atoms with Gasteiger partial charge >= 0.3 is 0 Å². The summed E-state index contributed by atoms with van der Waals surface area (Å²) in [7, 11) is 0. The summed E-state index contributed by atoms with van der Waals surface area (Å²) < 4.78 is 0. The van der Waals surface area contributed by atoms with Crippen molar-refractivity contribution in [2.24, 2.45) is 11.8 Å². The number of carbonyl (C=O) groups is 1. The molecule has 1 amide bonds. The minimum Gasteiger partial charge on any atom is -0.368 e. The number of para-hydroxylation sites is 1. The highest BCUT2D eigenvalue weighted by atomic mass is 16.2. The molecule has 1 heterocycles. The van der Waals surface area contributed by atoms with E-state index in [0.29, 0.717) is 17.7 Å². The molecule has 1 saturated heterocycles. The van der Waals surface area contributed by atoms with Crippen molar-refractivity contribution >= 4 is 11.6 Å². The lowest BCUT2D eigenvalue weighted by Gasteiger charge is -2.37. The SMILES string of the molecule is Cc1ccccc1N1CCN(C(=O)C2CC2C)CC1. The Morgan fingerprint density at radius 1 is 1.16 bits per heavy atom. The average molecular weight is 258 g/mol. The third-order valence-electron chi connectivity index (χ3n) is 4.47. The summed E-state index contributed by atoms with van der Waals surface area (Å²) in [6.45, 7) is 7.98. The number of hydrogen-bond donors (Lipinski definition) is 0. The number of carbonyl (C=O) groups excluding carboxylic acids is 1. The van der Waals surface area contributed by atoms with Crippen LogP contribution >= 0.6 is 0 Å². The van der Waals surface area contributed by atoms with Crippen LogP contribution in [0.3, 0.4) is 0 Å². The Balaban J connectivity index is 1.60. The Bertz CT molecular complexity index is 477. The Morgan fingerprint density at radius 3 is 2.37 bits per heavy atom. The fraction of sp³-hybridized carbons (Fsp3) is 0.562. The van der Waals surface area contributed by atoms with E-state index in [0.717, 1.165) is 32.6 Å². The predicted octanol–water partition coefficient (Wildman–Crippen LogP) is 2.30. The van der Waals surface area contributed by atoms with E-state index in [2.05, 4.69) is 47.9 Å². The minimum absolute atomic E-state index is 0.324. The zero-order valence-electron chi connectivity index (χ0n) is 11.8. The molecule has 3 nitrogen and oxygen atoms in total. The molecule has 1 aromatic carbocycles. The fourth-order valence-corrected chi connectivity index (χ4v) is 2.99. The fourth-order valence-electron chi connectivity index (χ4n) is 2.99. The molecule has 1 aromatic rings. The maximum Gasteiger partial charge on any atom is 0.226 e. The van der Waals surface area contributed by atoms with Gasteiger partial charge in [0.25, 0.3) is 0 Å². The van der Waals surface area contributed by atoms with E-state index in [-0.39, 0.29) is 0 Å². The van der Waals surface area contributed by atoms with Gasteiger partial charge in [-0.1, -0.05) is 25.1 Å². The molecule has 0 aromatic heterocycles. The average Bonchev–Trinajstić information content (AvgIpc) is 3.16. The molecule has 2 atom stereocenters. The summed E-state index contributed by atoms with van der Waals surface area (Å²) in [5, 5.41) is 0. The second kappa shape index (κ2) is 4.87. The molecular formula is C16H22N2O. The molecule has 19 heavy (non-hydrogen) atoms. The highest BCUT2D eigenvalue weighted by Crippen LogP contribution is 2.39. The van der Waals surface area contributed by atoms with Crippen LogP contribution < -0.4 is 4.90 Å². The molecule has 2 aliphatic rings. The highest BCUT2D eigenvalue weighted by molar-refractivity contribution is 5.81. The summed E-state index contributed by atoms with van der Waals surface area (Å²) in [4.78, 5) is 16.6. The lowest BCUT2D eigenvalue weighted by molar-refractivity contribution is -0.133. The lowest BCUT2D eigenvalue weighted by atomic mass is 10.1. The number of aryl methyl sites for hydroxylation is 1. The first-order chi connectivity index (χ1) is 9.16. The zero-order chi connectivity index (χ0) is 13.4. The third-order valence-corrected chi connectivity index (χ3v) is 4.47. The van der Waals surface area contributed by atoms with E-state index < -0.39 is 0 Å². The molecular weight excluding hydrogens is 236 g/mol. The second-order valence-corrected chi connectivity index (χ2v) is 5.92. The van der Waals surface area contributed by atoms with Gasteiger partial charge in [0.05, 0.1) is 0 Å². The van der Waals surface area contributed by atoms with Crippen molar-refractivity contribution in [1.29, 1.82) is 0 Å². The van der Waals surface area contributed by atoms with Gasteiger partial charge in [0.2, 0.25) is 5.91 Å². The van der Waals surface area contributed by atoms with Gasteiger partial charge in [0, 0.05) is 37.8 Å². The maximum absolute atomic E-state index is 12.2. The molecule has 0 N–H and O–H groups in total. The number of piperazine rings is 1. The van der Waals surface area contributed by atoms with Crippen LogP contribution in [0, 0.1) is 18.8 Å². The van der Waals surface area contributed by atoms with E-state index in [9.17, 15) is 4.79 Å². The molecule has 0 spiro atoms. The summed E-state index contributed by atoms with van der Waals surface area (Å²) in [6.07, 6.45) is 1.09. The van der Waals surface area contributed by atoms with Crippen molar-refractivity contribution in [2.75, 3.05) is 31.1 Å². The molecule has 2 fully saturated rings. The van der Waals surface area contributed by atoms with Gasteiger partial charge in [-0.05, 0) is 30.9 Å². The molecule has 102 valence electrons. The van der Waals surface area contributed by atoms with E-state index >= 15 is 0 Å². The molecule has 1 aliphatic heterocycles. The maximum atomic E-state index is 12.2. The molecule has 3 rings (SSSR count). The number of nitrogens with zero attached hydrogens (tertiary/aromatic N) is 2. The van der Waals surface area contributed by atoms with Gasteiger partial charge in [-0.25, -0.2) is 0 Å². The number of rotatable bonds is 2. The van der Waals surface area contributed by atoms with Crippen molar-refractivity contribution < 1.29 is 4.79 Å². The van der Waals surface area contributed by atoms with Crippen LogP contribution in [0.2, 0.25) is 0 Å². The lowest BCUT2D eigenvalue weighted by Crippen LogP contribution is -2.49. The van der Waals surface area contributed by atoms with Gasteiger partial charge in [-0.15, -0.1) is 0 Å². The first-order valence-electron chi connectivity index (χ1n) is 7.26. The summed E-state index contributed by atoms with van der Waals surface area (Å²) in [5.74, 6) is 1.32. The van der Waals surface area contributed by atoms with Gasteiger partial charge < -0.3 is 9.80 Å². The highest BCUT2D eigenvalue weighted by Gasteiger charge is 2.41. The van der Waals surface area contributed by atoms with Gasteiger partial charge in [-0.2, -0.15) is 0 Å². The van der Waals surface area contributed by atoms with E-state index in [1.54, 1.807) is 0 Å². The van der Waals surface area contributed by atoms with Crippen molar-refractivity contribution in [3.8, 4) is 0 Å². The smallest absolute Gasteiger partial charge is 0.226 e. The normalized spacial score (nSPS) is 26.4. The van der Waals surface area contributed by atoms with Gasteiger partial charge in [-0.3, -0.25) is 4.79 Å². The number of hydrogen-bond acceptors (Lipinski definition) is 2. The molecule has 1 aliphatic carbocycles. The van der Waals surface area contributed by atoms with E-state index in [4.69, 9.17) is 0 Å².